The van der Waals surface area contributed by atoms with Crippen LogP contribution < -0.4 is 10.6 Å². The number of ketones is 3. The van der Waals surface area contributed by atoms with Crippen molar-refractivity contribution in [2.24, 2.45) is 28.5 Å². The third kappa shape index (κ3) is 3.38. The Labute approximate surface area is 213 Å². The number of benzene rings is 1. The van der Waals surface area contributed by atoms with Crippen molar-refractivity contribution in [2.75, 3.05) is 33.1 Å². The fourth-order valence-corrected chi connectivity index (χ4v) is 6.52. The number of isothiocyanates is 1. The van der Waals surface area contributed by atoms with E-state index in [1.807, 2.05) is 0 Å². The Kier molecular flexibility index (Phi) is 6.25. The first-order valence-electron chi connectivity index (χ1n) is 11.5. The van der Waals surface area contributed by atoms with Crippen LogP contribution in [0.25, 0.3) is 0 Å². The second-order valence-electron chi connectivity index (χ2n) is 10.2. The van der Waals surface area contributed by atoms with E-state index in [4.69, 9.17) is 5.73 Å². The number of aromatic hydroxyl groups is 1. The van der Waals surface area contributed by atoms with Gasteiger partial charge in [-0.25, -0.2) is 0 Å². The van der Waals surface area contributed by atoms with E-state index in [1.54, 1.807) is 51.0 Å². The van der Waals surface area contributed by atoms with Gasteiger partial charge in [-0.3, -0.25) is 19.2 Å². The van der Waals surface area contributed by atoms with Crippen molar-refractivity contribution in [3.05, 3.63) is 28.3 Å². The third-order valence-electron chi connectivity index (χ3n) is 7.82. The molecule has 4 N–H and O–H groups in total. The highest BCUT2D eigenvalue weighted by molar-refractivity contribution is 7.78. The van der Waals surface area contributed by atoms with Crippen LogP contribution in [-0.4, -0.2) is 83.4 Å². The number of thiocarbonyl (C=S) groups is 1. The Morgan fingerprint density at radius 2 is 1.89 bits per heavy atom. The molecule has 1 aromatic rings. The number of phenolic OH excluding ortho intramolecular Hbond substituents is 1. The molecular weight excluding hydrogens is 484 g/mol. The summed E-state index contributed by atoms with van der Waals surface area (Å²) in [6.07, 6.45) is 0.427. The van der Waals surface area contributed by atoms with Crippen molar-refractivity contribution >= 4 is 52.0 Å². The Bertz CT molecular complexity index is 1310. The molecule has 5 atom stereocenters. The number of Topliss-reactive ketones (excluding diaryl/α,β-unsaturated/α-hetero) is 3. The van der Waals surface area contributed by atoms with Crippen molar-refractivity contribution in [2.45, 2.75) is 31.4 Å². The number of phenols is 1. The smallest absolute Gasteiger partial charge is 0.252 e. The molecule has 36 heavy (non-hydrogen) atoms. The molecule has 0 radical (unpaired) electrons. The van der Waals surface area contributed by atoms with Gasteiger partial charge < -0.3 is 25.7 Å². The standard InChI is InChI=1S/C25H28N4O6S/c1-10-16(24(26)34)22(32)25(35)13(19(10)29(4)5)7-11-6-12-15(28(2)3)8-14(27-9-36)20(30)18(12)21(31)17(11)23(25)33/h8,11,13,17,19,30,35H,6-7H2,1-5H3,(H2,26,34)/t11-,13-,17?,19+,25+/m0/s1. The molecule has 4 rings (SSSR count). The minimum absolute atomic E-state index is 0.0232. The second kappa shape index (κ2) is 8.70. The van der Waals surface area contributed by atoms with E-state index in [0.717, 1.165) is 0 Å². The first-order chi connectivity index (χ1) is 16.8. The van der Waals surface area contributed by atoms with Crippen molar-refractivity contribution < 1.29 is 29.4 Å². The summed E-state index contributed by atoms with van der Waals surface area (Å²) in [5, 5.41) is 24.8. The molecule has 3 aliphatic carbocycles. The number of nitrogens with zero attached hydrogens (tertiary/aromatic N) is 3. The highest BCUT2D eigenvalue weighted by Crippen LogP contribution is 2.53. The van der Waals surface area contributed by atoms with Gasteiger partial charge in [-0.1, -0.05) is 0 Å². The summed E-state index contributed by atoms with van der Waals surface area (Å²) in [5.74, 6) is -7.03. The normalized spacial score (nSPS) is 29.4. The van der Waals surface area contributed by atoms with Crippen LogP contribution in [0, 0.1) is 17.8 Å². The van der Waals surface area contributed by atoms with Gasteiger partial charge in [-0.2, -0.15) is 4.99 Å². The van der Waals surface area contributed by atoms with Gasteiger partial charge in [0, 0.05) is 31.7 Å². The van der Waals surface area contributed by atoms with Gasteiger partial charge in [0.25, 0.3) is 5.91 Å². The van der Waals surface area contributed by atoms with Crippen LogP contribution in [0.15, 0.2) is 22.2 Å². The van der Waals surface area contributed by atoms with Crippen LogP contribution in [0.3, 0.4) is 0 Å². The molecule has 10 nitrogen and oxygen atoms in total. The lowest BCUT2D eigenvalue weighted by atomic mass is 9.53. The van der Waals surface area contributed by atoms with Crippen molar-refractivity contribution in [3.8, 4) is 5.75 Å². The number of carbonyl (C=O) groups is 4. The predicted molar refractivity (Wildman–Crippen MR) is 135 cm³/mol. The SMILES string of the molecule is CC1=C(C(N)=O)C(=O)[C@@]2(O)C(=O)C3C(=O)c4c(O)c(N=C=S)cc(N(C)C)c4C[C@H]3C[C@H]2[C@@H]1N(C)C. The van der Waals surface area contributed by atoms with Gasteiger partial charge in [-0.05, 0) is 69.2 Å². The summed E-state index contributed by atoms with van der Waals surface area (Å²) in [6, 6.07) is 0.971. The van der Waals surface area contributed by atoms with E-state index in [2.05, 4.69) is 22.4 Å². The Morgan fingerprint density at radius 1 is 1.25 bits per heavy atom. The van der Waals surface area contributed by atoms with Gasteiger partial charge in [0.2, 0.25) is 5.78 Å². The fourth-order valence-electron chi connectivity index (χ4n) is 6.42. The van der Waals surface area contributed by atoms with Crippen LogP contribution in [0.2, 0.25) is 0 Å². The number of likely N-dealkylation sites (N-methyl/N-ethyl adjacent to an activating group) is 1. The van der Waals surface area contributed by atoms with E-state index in [1.165, 1.54) is 0 Å². The zero-order valence-electron chi connectivity index (χ0n) is 20.7. The maximum absolute atomic E-state index is 13.9. The van der Waals surface area contributed by atoms with E-state index < -0.39 is 64.0 Å². The number of amides is 1. The van der Waals surface area contributed by atoms with Crippen LogP contribution in [0.5, 0.6) is 5.75 Å². The molecule has 0 bridgehead atoms. The molecule has 1 unspecified atom stereocenters. The van der Waals surface area contributed by atoms with Crippen LogP contribution in [0.1, 0.15) is 29.3 Å². The lowest BCUT2D eigenvalue weighted by Gasteiger charge is -2.52. The molecule has 1 amide bonds. The first kappa shape index (κ1) is 25.8. The third-order valence-corrected chi connectivity index (χ3v) is 7.92. The molecule has 0 aromatic heterocycles. The molecule has 1 aromatic carbocycles. The van der Waals surface area contributed by atoms with Crippen molar-refractivity contribution in [1.82, 2.24) is 4.90 Å². The summed E-state index contributed by atoms with van der Waals surface area (Å²) in [7, 11) is 7.00. The van der Waals surface area contributed by atoms with Gasteiger partial charge >= 0.3 is 0 Å². The fraction of sp³-hybridized carbons (Fsp3) is 0.480. The quantitative estimate of drug-likeness (QED) is 0.230. The Balaban J connectivity index is 1.94. The van der Waals surface area contributed by atoms with E-state index in [9.17, 15) is 29.4 Å². The van der Waals surface area contributed by atoms with Gasteiger partial charge in [0.05, 0.1) is 22.2 Å². The summed E-state index contributed by atoms with van der Waals surface area (Å²) in [5.41, 5.74) is 3.97. The minimum atomic E-state index is -2.60. The number of anilines is 1. The van der Waals surface area contributed by atoms with Crippen LogP contribution >= 0.6 is 12.2 Å². The van der Waals surface area contributed by atoms with Crippen molar-refractivity contribution in [3.63, 3.8) is 0 Å². The summed E-state index contributed by atoms with van der Waals surface area (Å²) < 4.78 is 0. The number of rotatable bonds is 4. The molecular formula is C25H28N4O6S. The van der Waals surface area contributed by atoms with E-state index in [-0.39, 0.29) is 24.1 Å². The number of carbonyl (C=O) groups excluding carboxylic acids is 4. The number of primary amides is 1. The molecule has 0 spiro atoms. The number of hydrogen-bond donors (Lipinski definition) is 3. The van der Waals surface area contributed by atoms with Crippen molar-refractivity contribution in [1.29, 1.82) is 0 Å². The highest BCUT2D eigenvalue weighted by Gasteiger charge is 2.66. The number of aliphatic hydroxyl groups is 1. The summed E-state index contributed by atoms with van der Waals surface area (Å²) >= 11 is 4.67. The summed E-state index contributed by atoms with van der Waals surface area (Å²) in [6.45, 7) is 1.60. The van der Waals surface area contributed by atoms with Gasteiger partial charge in [-0.15, -0.1) is 0 Å². The van der Waals surface area contributed by atoms with Gasteiger partial charge in [0.1, 0.15) is 5.69 Å². The van der Waals surface area contributed by atoms with E-state index in [0.29, 0.717) is 16.8 Å². The average Bonchev–Trinajstić information content (AvgIpc) is 2.77. The van der Waals surface area contributed by atoms with Crippen LogP contribution in [-0.2, 0) is 20.8 Å². The highest BCUT2D eigenvalue weighted by atomic mass is 32.1. The molecule has 190 valence electrons. The second-order valence-corrected chi connectivity index (χ2v) is 10.3. The molecule has 1 saturated carbocycles. The maximum Gasteiger partial charge on any atom is 0.252 e. The minimum Gasteiger partial charge on any atom is -0.505 e. The van der Waals surface area contributed by atoms with E-state index >= 15 is 0 Å². The predicted octanol–water partition coefficient (Wildman–Crippen LogP) is 0.798. The lowest BCUT2D eigenvalue weighted by Crippen LogP contribution is -2.69. The summed E-state index contributed by atoms with van der Waals surface area (Å²) in [4.78, 5) is 60.7. The molecule has 3 aliphatic rings. The number of fused-ring (bicyclic) bond motifs is 3. The van der Waals surface area contributed by atoms with Gasteiger partial charge in [0.15, 0.2) is 22.9 Å². The Hall–Kier alpha value is -3.24. The zero-order valence-corrected chi connectivity index (χ0v) is 21.5. The van der Waals surface area contributed by atoms with Crippen LogP contribution in [0.4, 0.5) is 11.4 Å². The lowest BCUT2D eigenvalue weighted by molar-refractivity contribution is -0.168. The number of nitrogens with two attached hydrogens (primary N) is 1. The molecule has 0 saturated heterocycles. The molecule has 0 heterocycles. The number of aliphatic imine (C=N–C) groups is 1. The molecule has 0 aliphatic heterocycles. The zero-order chi connectivity index (χ0) is 26.9. The molecule has 1 fully saturated rings. The average molecular weight is 513 g/mol. The maximum atomic E-state index is 13.9. The monoisotopic (exact) mass is 512 g/mol. The topological polar surface area (TPSA) is 154 Å². The largest absolute Gasteiger partial charge is 0.505 e. The first-order valence-corrected chi connectivity index (χ1v) is 11.9. The molecule has 11 heteroatoms. The number of hydrogen-bond acceptors (Lipinski definition) is 10. The Morgan fingerprint density at radius 3 is 2.42 bits per heavy atom.